The highest BCUT2D eigenvalue weighted by Gasteiger charge is 2.47. The number of ether oxygens (including phenoxy) is 1. The van der Waals surface area contributed by atoms with Crippen molar-refractivity contribution in [3.05, 3.63) is 64.2 Å². The summed E-state index contributed by atoms with van der Waals surface area (Å²) in [4.78, 5) is 17.6. The van der Waals surface area contributed by atoms with E-state index in [1.165, 1.54) is 15.9 Å². The standard InChI is InChI=1S/C32H38F3N3O4S/c1-6-7-15-42-27-19-25(18-26(20-27)32(33,34)35)28-36-29(39)31(37-28)11-13-38(14-12-31)43(40,41)16-10-24-9-8-23(17-22(24)2)21-30(3,4)5/h1,8-9,17-20H,7,10-16,21H2,2-5H3,(H,36,37,39). The lowest BCUT2D eigenvalue weighted by Gasteiger charge is -2.34. The molecule has 0 aromatic heterocycles. The van der Waals surface area contributed by atoms with Gasteiger partial charge in [-0.15, -0.1) is 12.3 Å². The molecule has 2 aromatic carbocycles. The molecular formula is C32H38F3N3O4S. The number of rotatable bonds is 9. The Hall–Kier alpha value is -3.36. The van der Waals surface area contributed by atoms with Gasteiger partial charge in [0.05, 0.1) is 17.9 Å². The second kappa shape index (κ2) is 12.3. The Labute approximate surface area is 252 Å². The number of aryl methyl sites for hydroxylation is 2. The zero-order chi connectivity index (χ0) is 31.6. The van der Waals surface area contributed by atoms with Crippen molar-refractivity contribution in [1.82, 2.24) is 9.62 Å². The lowest BCUT2D eigenvalue weighted by Crippen LogP contribution is -2.50. The average Bonchev–Trinajstić information content (AvgIpc) is 3.22. The number of amides is 1. The molecule has 1 fully saturated rings. The summed E-state index contributed by atoms with van der Waals surface area (Å²) in [6.07, 6.45) is 2.31. The maximum Gasteiger partial charge on any atom is 0.416 e. The molecule has 43 heavy (non-hydrogen) atoms. The monoisotopic (exact) mass is 617 g/mol. The van der Waals surface area contributed by atoms with E-state index in [2.05, 4.69) is 49.1 Å². The average molecular weight is 618 g/mol. The van der Waals surface area contributed by atoms with Gasteiger partial charge in [0, 0.05) is 25.1 Å². The highest BCUT2D eigenvalue weighted by Crippen LogP contribution is 2.36. The summed E-state index contributed by atoms with van der Waals surface area (Å²) >= 11 is 0. The first kappa shape index (κ1) is 32.6. The van der Waals surface area contributed by atoms with Crippen LogP contribution in [0.25, 0.3) is 0 Å². The van der Waals surface area contributed by atoms with E-state index >= 15 is 0 Å². The molecule has 2 heterocycles. The van der Waals surface area contributed by atoms with Gasteiger partial charge in [-0.1, -0.05) is 39.0 Å². The van der Waals surface area contributed by atoms with Crippen LogP contribution >= 0.6 is 0 Å². The first-order chi connectivity index (χ1) is 20.0. The van der Waals surface area contributed by atoms with Crippen molar-refractivity contribution in [2.24, 2.45) is 10.4 Å². The molecule has 0 atom stereocenters. The molecule has 11 heteroatoms. The van der Waals surface area contributed by atoms with Crippen molar-refractivity contribution in [1.29, 1.82) is 0 Å². The van der Waals surface area contributed by atoms with Crippen LogP contribution in [0.3, 0.4) is 0 Å². The van der Waals surface area contributed by atoms with Gasteiger partial charge in [0.2, 0.25) is 10.0 Å². The minimum Gasteiger partial charge on any atom is -0.493 e. The number of hydrogen-bond acceptors (Lipinski definition) is 5. The van der Waals surface area contributed by atoms with E-state index in [1.807, 2.05) is 13.0 Å². The maximum absolute atomic E-state index is 13.6. The second-order valence-corrected chi connectivity index (χ2v) is 14.5. The van der Waals surface area contributed by atoms with Crippen molar-refractivity contribution >= 4 is 21.8 Å². The lowest BCUT2D eigenvalue weighted by molar-refractivity contribution is -0.137. The van der Waals surface area contributed by atoms with Crippen LogP contribution in [0.5, 0.6) is 5.75 Å². The Kier molecular flexibility index (Phi) is 9.33. The third-order valence-corrected chi connectivity index (χ3v) is 9.59. The number of alkyl halides is 3. The van der Waals surface area contributed by atoms with Gasteiger partial charge in [0.1, 0.15) is 17.1 Å². The van der Waals surface area contributed by atoms with Gasteiger partial charge >= 0.3 is 6.18 Å². The predicted octanol–water partition coefficient (Wildman–Crippen LogP) is 5.29. The number of amidine groups is 1. The van der Waals surface area contributed by atoms with Gasteiger partial charge in [-0.2, -0.15) is 13.2 Å². The Morgan fingerprint density at radius 1 is 1.12 bits per heavy atom. The van der Waals surface area contributed by atoms with Gasteiger partial charge < -0.3 is 10.1 Å². The van der Waals surface area contributed by atoms with Gasteiger partial charge in [-0.05, 0) is 72.9 Å². The molecule has 232 valence electrons. The molecule has 0 saturated carbocycles. The molecule has 0 bridgehead atoms. The molecular weight excluding hydrogens is 579 g/mol. The summed E-state index contributed by atoms with van der Waals surface area (Å²) < 4.78 is 74.0. The van der Waals surface area contributed by atoms with Crippen LogP contribution < -0.4 is 10.1 Å². The highest BCUT2D eigenvalue weighted by molar-refractivity contribution is 7.89. The van der Waals surface area contributed by atoms with E-state index in [9.17, 15) is 26.4 Å². The van der Waals surface area contributed by atoms with E-state index in [4.69, 9.17) is 11.2 Å². The number of halogens is 3. The highest BCUT2D eigenvalue weighted by atomic mass is 32.2. The lowest BCUT2D eigenvalue weighted by atomic mass is 9.87. The molecule has 0 radical (unpaired) electrons. The van der Waals surface area contributed by atoms with Crippen LogP contribution in [-0.4, -0.2) is 55.5 Å². The third-order valence-electron chi connectivity index (χ3n) is 7.72. The molecule has 0 unspecified atom stereocenters. The number of aliphatic imine (C=N–C) groups is 1. The fraction of sp³-hybridized carbons (Fsp3) is 0.500. The van der Waals surface area contributed by atoms with Crippen LogP contribution in [0.4, 0.5) is 13.2 Å². The quantitative estimate of drug-likeness (QED) is 0.306. The predicted molar refractivity (Wildman–Crippen MR) is 160 cm³/mol. The molecule has 1 spiro atoms. The summed E-state index contributed by atoms with van der Waals surface area (Å²) in [5, 5.41) is 2.62. The molecule has 1 amide bonds. The largest absolute Gasteiger partial charge is 0.493 e. The molecule has 0 aliphatic carbocycles. The number of sulfonamides is 1. The summed E-state index contributed by atoms with van der Waals surface area (Å²) in [5.41, 5.74) is 1.25. The Morgan fingerprint density at radius 3 is 2.42 bits per heavy atom. The van der Waals surface area contributed by atoms with Crippen molar-refractivity contribution in [2.75, 3.05) is 25.4 Å². The van der Waals surface area contributed by atoms with Crippen molar-refractivity contribution in [2.45, 2.75) is 71.5 Å². The zero-order valence-electron chi connectivity index (χ0n) is 25.0. The molecule has 4 rings (SSSR count). The van der Waals surface area contributed by atoms with Crippen LogP contribution in [0.2, 0.25) is 0 Å². The van der Waals surface area contributed by atoms with Gasteiger partial charge in [0.15, 0.2) is 0 Å². The number of nitrogens with one attached hydrogen (secondary N) is 1. The molecule has 2 aromatic rings. The van der Waals surface area contributed by atoms with Crippen LogP contribution in [0.15, 0.2) is 41.4 Å². The number of terminal acetylenes is 1. The molecule has 7 nitrogen and oxygen atoms in total. The Bertz CT molecular complexity index is 1540. The Morgan fingerprint density at radius 2 is 1.81 bits per heavy atom. The number of carbonyl (C=O) groups is 1. The molecule has 1 saturated heterocycles. The van der Waals surface area contributed by atoms with E-state index in [0.717, 1.165) is 29.7 Å². The number of benzene rings is 2. The summed E-state index contributed by atoms with van der Waals surface area (Å²) in [7, 11) is -3.61. The van der Waals surface area contributed by atoms with E-state index in [-0.39, 0.29) is 67.3 Å². The minimum absolute atomic E-state index is 0.000380. The molecule has 1 N–H and O–H groups in total. The minimum atomic E-state index is -4.65. The smallest absolute Gasteiger partial charge is 0.416 e. The first-order valence-electron chi connectivity index (χ1n) is 14.3. The second-order valence-electron chi connectivity index (χ2n) is 12.5. The number of hydrogen-bond donors (Lipinski definition) is 1. The van der Waals surface area contributed by atoms with Crippen LogP contribution in [0.1, 0.15) is 67.9 Å². The fourth-order valence-electron chi connectivity index (χ4n) is 5.47. The number of piperidine rings is 1. The van der Waals surface area contributed by atoms with Gasteiger partial charge in [-0.3, -0.25) is 9.79 Å². The normalized spacial score (nSPS) is 17.4. The third kappa shape index (κ3) is 7.98. The van der Waals surface area contributed by atoms with Gasteiger partial charge in [0.25, 0.3) is 5.91 Å². The van der Waals surface area contributed by atoms with Crippen LogP contribution in [0, 0.1) is 24.7 Å². The summed E-state index contributed by atoms with van der Waals surface area (Å²) in [5.74, 6) is 1.80. The van der Waals surface area contributed by atoms with Crippen molar-refractivity contribution in [3.8, 4) is 18.1 Å². The van der Waals surface area contributed by atoms with Crippen LogP contribution in [-0.2, 0) is 33.8 Å². The summed E-state index contributed by atoms with van der Waals surface area (Å²) in [6, 6.07) is 9.32. The number of carbonyl (C=O) groups excluding carboxylic acids is 1. The molecule has 2 aliphatic heterocycles. The zero-order valence-corrected chi connectivity index (χ0v) is 25.8. The molecule has 2 aliphatic rings. The number of nitrogens with zero attached hydrogens (tertiary/aromatic N) is 2. The SMILES string of the molecule is C#CCCOc1cc(C2=NC3(CCN(S(=O)(=O)CCc4ccc(CC(C)(C)C)cc4C)CC3)C(=O)N2)cc(C(F)(F)F)c1. The Balaban J connectivity index is 1.45. The van der Waals surface area contributed by atoms with Gasteiger partial charge in [-0.25, -0.2) is 12.7 Å². The topological polar surface area (TPSA) is 88.1 Å². The van der Waals surface area contributed by atoms with E-state index < -0.39 is 33.2 Å². The van der Waals surface area contributed by atoms with Crippen molar-refractivity contribution < 1.29 is 31.1 Å². The summed E-state index contributed by atoms with van der Waals surface area (Å²) in [6.45, 7) is 8.71. The van der Waals surface area contributed by atoms with Crippen molar-refractivity contribution in [3.63, 3.8) is 0 Å². The van der Waals surface area contributed by atoms with E-state index in [0.29, 0.717) is 6.42 Å². The fourth-order valence-corrected chi connectivity index (χ4v) is 6.94. The van der Waals surface area contributed by atoms with E-state index in [1.54, 1.807) is 0 Å². The first-order valence-corrected chi connectivity index (χ1v) is 15.9. The maximum atomic E-state index is 13.6.